The summed E-state index contributed by atoms with van der Waals surface area (Å²) in [7, 11) is 0. The van der Waals surface area contributed by atoms with Gasteiger partial charge in [0.05, 0.1) is 17.4 Å². The molecule has 0 unspecified atom stereocenters. The summed E-state index contributed by atoms with van der Waals surface area (Å²) in [5, 5.41) is 15.0. The van der Waals surface area contributed by atoms with Crippen LogP contribution in [-0.2, 0) is 17.6 Å². The molecule has 1 amide bonds. The van der Waals surface area contributed by atoms with E-state index in [1.54, 1.807) is 25.3 Å². The molecule has 3 aromatic rings. The molecule has 0 fully saturated rings. The molecule has 1 atom stereocenters. The molecular weight excluding hydrogens is 306 g/mol. The maximum atomic E-state index is 12.5. The SMILES string of the molecule is C[C@@H](C(=O)Nc1ccc2cn[nH]c2c1)n1nc2c(cc1=O)CCC2. The minimum Gasteiger partial charge on any atom is -0.324 e. The fourth-order valence-corrected chi connectivity index (χ4v) is 3.07. The zero-order chi connectivity index (χ0) is 16.7. The highest BCUT2D eigenvalue weighted by atomic mass is 16.2. The predicted octanol–water partition coefficient (Wildman–Crippen LogP) is 1.81. The maximum Gasteiger partial charge on any atom is 0.267 e. The van der Waals surface area contributed by atoms with E-state index in [9.17, 15) is 9.59 Å². The molecule has 0 spiro atoms. The Bertz CT molecular complexity index is 988. The van der Waals surface area contributed by atoms with Crippen molar-refractivity contribution in [3.05, 3.63) is 52.1 Å². The van der Waals surface area contributed by atoms with Gasteiger partial charge >= 0.3 is 0 Å². The molecule has 2 aromatic heterocycles. The number of nitrogens with one attached hydrogen (secondary N) is 2. The monoisotopic (exact) mass is 323 g/mol. The molecular formula is C17H17N5O2. The third-order valence-electron chi connectivity index (χ3n) is 4.44. The summed E-state index contributed by atoms with van der Waals surface area (Å²) in [6.45, 7) is 1.68. The van der Waals surface area contributed by atoms with E-state index in [0.717, 1.165) is 41.4 Å². The number of rotatable bonds is 3. The highest BCUT2D eigenvalue weighted by Gasteiger charge is 2.21. The number of hydrogen-bond donors (Lipinski definition) is 2. The van der Waals surface area contributed by atoms with Crippen LogP contribution in [0.4, 0.5) is 5.69 Å². The van der Waals surface area contributed by atoms with Crippen LogP contribution >= 0.6 is 0 Å². The Morgan fingerprint density at radius 2 is 2.21 bits per heavy atom. The predicted molar refractivity (Wildman–Crippen MR) is 90.0 cm³/mol. The van der Waals surface area contributed by atoms with Crippen molar-refractivity contribution < 1.29 is 4.79 Å². The van der Waals surface area contributed by atoms with Gasteiger partial charge in [0, 0.05) is 17.1 Å². The molecule has 2 N–H and O–H groups in total. The molecule has 0 saturated heterocycles. The minimum atomic E-state index is -0.680. The first-order valence-electron chi connectivity index (χ1n) is 7.97. The Labute approximate surface area is 137 Å². The molecule has 4 rings (SSSR count). The van der Waals surface area contributed by atoms with Gasteiger partial charge in [0.15, 0.2) is 0 Å². The first-order chi connectivity index (χ1) is 11.6. The van der Waals surface area contributed by atoms with Gasteiger partial charge in [-0.25, -0.2) is 4.68 Å². The van der Waals surface area contributed by atoms with Gasteiger partial charge in [-0.3, -0.25) is 14.7 Å². The second kappa shape index (κ2) is 5.59. The Morgan fingerprint density at radius 3 is 3.08 bits per heavy atom. The standard InChI is InChI=1S/C17H17N5O2/c1-10(22-16(23)7-11-3-2-4-14(11)21-22)17(24)19-13-6-5-12-9-18-20-15(12)8-13/h5-10H,2-4H2,1H3,(H,18,20)(H,19,24)/t10-/m0/s1. The Hall–Kier alpha value is -2.96. The van der Waals surface area contributed by atoms with Crippen LogP contribution in [-0.4, -0.2) is 25.9 Å². The number of benzene rings is 1. The van der Waals surface area contributed by atoms with Gasteiger partial charge in [-0.05, 0) is 49.9 Å². The Morgan fingerprint density at radius 1 is 1.33 bits per heavy atom. The first kappa shape index (κ1) is 14.6. The molecule has 0 radical (unpaired) electrons. The van der Waals surface area contributed by atoms with Crippen LogP contribution in [0.15, 0.2) is 35.3 Å². The van der Waals surface area contributed by atoms with Crippen LogP contribution in [0.3, 0.4) is 0 Å². The molecule has 7 nitrogen and oxygen atoms in total. The van der Waals surface area contributed by atoms with Crippen molar-refractivity contribution in [2.75, 3.05) is 5.32 Å². The van der Waals surface area contributed by atoms with Gasteiger partial charge in [-0.1, -0.05) is 0 Å². The topological polar surface area (TPSA) is 92.7 Å². The molecule has 0 bridgehead atoms. The van der Waals surface area contributed by atoms with Crippen LogP contribution < -0.4 is 10.9 Å². The Kier molecular flexibility index (Phi) is 3.41. The summed E-state index contributed by atoms with van der Waals surface area (Å²) in [5.41, 5.74) is 3.19. The quantitative estimate of drug-likeness (QED) is 0.769. The van der Waals surface area contributed by atoms with Crippen LogP contribution in [0.25, 0.3) is 10.9 Å². The van der Waals surface area contributed by atoms with E-state index in [-0.39, 0.29) is 11.5 Å². The molecule has 0 aliphatic heterocycles. The molecule has 122 valence electrons. The van der Waals surface area contributed by atoms with E-state index >= 15 is 0 Å². The Balaban J connectivity index is 1.58. The van der Waals surface area contributed by atoms with Crippen molar-refractivity contribution in [2.45, 2.75) is 32.2 Å². The number of carbonyl (C=O) groups is 1. The smallest absolute Gasteiger partial charge is 0.267 e. The normalized spacial score (nSPS) is 14.5. The van der Waals surface area contributed by atoms with Crippen LogP contribution in [0, 0.1) is 0 Å². The average Bonchev–Trinajstić information content (AvgIpc) is 3.21. The third kappa shape index (κ3) is 2.47. The van der Waals surface area contributed by atoms with Crippen LogP contribution in [0.2, 0.25) is 0 Å². The lowest BCUT2D eigenvalue weighted by Crippen LogP contribution is -2.33. The van der Waals surface area contributed by atoms with Crippen molar-refractivity contribution in [1.29, 1.82) is 0 Å². The number of anilines is 1. The molecule has 2 heterocycles. The molecule has 1 aliphatic carbocycles. The van der Waals surface area contributed by atoms with E-state index in [1.807, 2.05) is 12.1 Å². The summed E-state index contributed by atoms with van der Waals surface area (Å²) >= 11 is 0. The number of nitrogens with zero attached hydrogens (tertiary/aromatic N) is 3. The lowest BCUT2D eigenvalue weighted by Gasteiger charge is -2.15. The summed E-state index contributed by atoms with van der Waals surface area (Å²) in [4.78, 5) is 24.7. The summed E-state index contributed by atoms with van der Waals surface area (Å²) in [5.74, 6) is -0.276. The van der Waals surface area contributed by atoms with Gasteiger partial charge in [-0.2, -0.15) is 10.2 Å². The van der Waals surface area contributed by atoms with Gasteiger partial charge < -0.3 is 5.32 Å². The molecule has 0 saturated carbocycles. The van der Waals surface area contributed by atoms with E-state index in [1.165, 1.54) is 4.68 Å². The number of carbonyl (C=O) groups excluding carboxylic acids is 1. The zero-order valence-electron chi connectivity index (χ0n) is 13.2. The minimum absolute atomic E-state index is 0.234. The third-order valence-corrected chi connectivity index (χ3v) is 4.44. The van der Waals surface area contributed by atoms with Gasteiger partial charge in [0.2, 0.25) is 5.91 Å². The molecule has 1 aliphatic rings. The van der Waals surface area contributed by atoms with Gasteiger partial charge in [-0.15, -0.1) is 0 Å². The van der Waals surface area contributed by atoms with Crippen LogP contribution in [0.1, 0.15) is 30.6 Å². The maximum absolute atomic E-state index is 12.5. The van der Waals surface area contributed by atoms with Gasteiger partial charge in [0.25, 0.3) is 5.56 Å². The molecule has 24 heavy (non-hydrogen) atoms. The molecule has 7 heteroatoms. The second-order valence-corrected chi connectivity index (χ2v) is 6.09. The number of amides is 1. The lowest BCUT2D eigenvalue weighted by atomic mass is 10.2. The number of hydrogen-bond acceptors (Lipinski definition) is 4. The van der Waals surface area contributed by atoms with Crippen LogP contribution in [0.5, 0.6) is 0 Å². The number of aromatic nitrogens is 4. The van der Waals surface area contributed by atoms with Crippen molar-refractivity contribution >= 4 is 22.5 Å². The molecule has 1 aromatic carbocycles. The van der Waals surface area contributed by atoms with Crippen molar-refractivity contribution in [3.8, 4) is 0 Å². The number of H-pyrrole nitrogens is 1. The number of aryl methyl sites for hydroxylation is 2. The van der Waals surface area contributed by atoms with E-state index in [2.05, 4.69) is 20.6 Å². The fourth-order valence-electron chi connectivity index (χ4n) is 3.07. The van der Waals surface area contributed by atoms with E-state index < -0.39 is 6.04 Å². The van der Waals surface area contributed by atoms with Gasteiger partial charge in [0.1, 0.15) is 6.04 Å². The fraction of sp³-hybridized carbons (Fsp3) is 0.294. The van der Waals surface area contributed by atoms with E-state index in [0.29, 0.717) is 5.69 Å². The number of fused-ring (bicyclic) bond motifs is 2. The van der Waals surface area contributed by atoms with E-state index in [4.69, 9.17) is 0 Å². The average molecular weight is 323 g/mol. The van der Waals surface area contributed by atoms with Crippen molar-refractivity contribution in [1.82, 2.24) is 20.0 Å². The van der Waals surface area contributed by atoms with Crippen molar-refractivity contribution in [2.24, 2.45) is 0 Å². The zero-order valence-corrected chi connectivity index (χ0v) is 13.2. The summed E-state index contributed by atoms with van der Waals surface area (Å²) in [6.07, 6.45) is 4.48. The number of aromatic amines is 1. The highest BCUT2D eigenvalue weighted by Crippen LogP contribution is 2.20. The van der Waals surface area contributed by atoms with Crippen molar-refractivity contribution in [3.63, 3.8) is 0 Å². The summed E-state index contributed by atoms with van der Waals surface area (Å²) < 4.78 is 1.27. The second-order valence-electron chi connectivity index (χ2n) is 6.09. The lowest BCUT2D eigenvalue weighted by molar-refractivity contribution is -0.119. The first-order valence-corrected chi connectivity index (χ1v) is 7.97. The largest absolute Gasteiger partial charge is 0.324 e. The summed E-state index contributed by atoms with van der Waals surface area (Å²) in [6, 6.07) is 6.42. The highest BCUT2D eigenvalue weighted by molar-refractivity contribution is 5.95.